The summed E-state index contributed by atoms with van der Waals surface area (Å²) in [6, 6.07) is 11.9. The van der Waals surface area contributed by atoms with Crippen molar-refractivity contribution in [3.63, 3.8) is 0 Å². The predicted molar refractivity (Wildman–Crippen MR) is 203 cm³/mol. The number of amides is 2. The molecule has 2 aliphatic rings. The highest BCUT2D eigenvalue weighted by atomic mass is 32.2. The minimum absolute atomic E-state index is 0.0257. The fraction of sp³-hybridized carbons (Fsp3) is 0.543. The van der Waals surface area contributed by atoms with Crippen molar-refractivity contribution in [3.05, 3.63) is 62.9 Å². The van der Waals surface area contributed by atoms with Gasteiger partial charge < -0.3 is 20.1 Å². The number of urea groups is 1. The van der Waals surface area contributed by atoms with Crippen LogP contribution in [0.15, 0.2) is 46.0 Å². The summed E-state index contributed by atoms with van der Waals surface area (Å²) in [5, 5.41) is 20.9. The second-order valence-electron chi connectivity index (χ2n) is 13.2. The van der Waals surface area contributed by atoms with Crippen molar-refractivity contribution in [3.8, 4) is 11.5 Å². The number of carbonyl (C=O) groups is 1. The number of hydrogen-bond acceptors (Lipinski definition) is 11. The lowest BCUT2D eigenvalue weighted by atomic mass is 10.0. The summed E-state index contributed by atoms with van der Waals surface area (Å²) in [6.07, 6.45) is 9.72. The van der Waals surface area contributed by atoms with Crippen LogP contribution >= 0.6 is 34.8 Å². The number of nitrogens with zero attached hydrogens (tertiary/aromatic N) is 6. The van der Waals surface area contributed by atoms with Gasteiger partial charge in [0, 0.05) is 36.9 Å². The quantitative estimate of drug-likeness (QED) is 0.0833. The van der Waals surface area contributed by atoms with E-state index in [-0.39, 0.29) is 29.2 Å². The standard InChI is InChI=1S/C35H44N8O5S3/c1-47-23-12-14-28-25(20-23)33(44)41(50-28)16-7-2-3-8-17-42-34(45)26-21-24(13-15-29(26)51-42)48-19-9-18-43-39-31(38-40-43)11-6-4-5-10-30-32-27(22-49-30)36-35(46)37-32/h12-15,20-21,27,30,32H,2-11,16-19,22H2,1H3,(H2,36,37,46). The normalized spacial score (nSPS) is 18.4. The highest BCUT2D eigenvalue weighted by Gasteiger charge is 2.42. The molecule has 51 heavy (non-hydrogen) atoms. The van der Waals surface area contributed by atoms with E-state index in [1.807, 2.05) is 56.1 Å². The molecule has 2 aromatic carbocycles. The monoisotopic (exact) mass is 752 g/mol. The largest absolute Gasteiger partial charge is 0.497 e. The van der Waals surface area contributed by atoms with E-state index in [0.29, 0.717) is 53.8 Å². The van der Waals surface area contributed by atoms with Crippen LogP contribution < -0.4 is 31.2 Å². The fourth-order valence-electron chi connectivity index (χ4n) is 6.79. The number of tetrazole rings is 1. The van der Waals surface area contributed by atoms with Crippen molar-refractivity contribution >= 4 is 61.0 Å². The SMILES string of the molecule is COc1ccc2sn(CCCCCCn3sc4ccc(OCCCn5nnc(CCCCCC6SCC7NC(=O)NC76)n5)cc4c3=O)c(=O)c2c1. The number of nitrogens with one attached hydrogen (secondary N) is 2. The van der Waals surface area contributed by atoms with Crippen LogP contribution in [0.3, 0.4) is 0 Å². The smallest absolute Gasteiger partial charge is 0.315 e. The number of ether oxygens (including phenoxy) is 2. The van der Waals surface area contributed by atoms with E-state index >= 15 is 0 Å². The fourth-order valence-corrected chi connectivity index (χ4v) is 10.4. The van der Waals surface area contributed by atoms with E-state index in [1.165, 1.54) is 23.1 Å². The minimum Gasteiger partial charge on any atom is -0.497 e. The molecular weight excluding hydrogens is 709 g/mol. The van der Waals surface area contributed by atoms with Crippen LogP contribution in [0.4, 0.5) is 4.79 Å². The van der Waals surface area contributed by atoms with Crippen LogP contribution in [-0.4, -0.2) is 71.0 Å². The van der Waals surface area contributed by atoms with Gasteiger partial charge in [0.25, 0.3) is 11.1 Å². The highest BCUT2D eigenvalue weighted by molar-refractivity contribution is 8.00. The van der Waals surface area contributed by atoms with Crippen molar-refractivity contribution in [2.75, 3.05) is 19.5 Å². The van der Waals surface area contributed by atoms with Gasteiger partial charge in [0.2, 0.25) is 0 Å². The molecule has 3 atom stereocenters. The van der Waals surface area contributed by atoms with E-state index in [0.717, 1.165) is 85.2 Å². The van der Waals surface area contributed by atoms with E-state index in [9.17, 15) is 14.4 Å². The molecule has 2 aliphatic heterocycles. The summed E-state index contributed by atoms with van der Waals surface area (Å²) in [6.45, 7) is 2.48. The number of benzene rings is 2. The molecule has 272 valence electrons. The number of aromatic nitrogens is 6. The average Bonchev–Trinajstić information content (AvgIpc) is 3.96. The number of hydrogen-bond donors (Lipinski definition) is 2. The molecule has 0 spiro atoms. The topological polar surface area (TPSA) is 147 Å². The first kappa shape index (κ1) is 35.5. The lowest BCUT2D eigenvalue weighted by molar-refractivity contribution is 0.247. The maximum absolute atomic E-state index is 13.1. The van der Waals surface area contributed by atoms with Crippen molar-refractivity contribution in [2.24, 2.45) is 0 Å². The zero-order valence-electron chi connectivity index (χ0n) is 28.8. The molecule has 2 amide bonds. The Balaban J connectivity index is 0.777. The molecule has 7 rings (SSSR count). The molecule has 0 saturated carbocycles. The van der Waals surface area contributed by atoms with Crippen LogP contribution in [0.2, 0.25) is 0 Å². The van der Waals surface area contributed by atoms with Gasteiger partial charge in [-0.1, -0.05) is 48.7 Å². The Labute approximate surface area is 308 Å². The number of carbonyl (C=O) groups excluding carboxylic acids is 1. The van der Waals surface area contributed by atoms with E-state index in [1.54, 1.807) is 11.9 Å². The van der Waals surface area contributed by atoms with E-state index in [2.05, 4.69) is 26.0 Å². The van der Waals surface area contributed by atoms with Gasteiger partial charge in [-0.3, -0.25) is 17.5 Å². The third-order valence-corrected chi connectivity index (χ3v) is 13.3. The van der Waals surface area contributed by atoms with Gasteiger partial charge in [-0.15, -0.1) is 10.2 Å². The molecule has 5 aromatic rings. The van der Waals surface area contributed by atoms with Crippen LogP contribution in [0.5, 0.6) is 11.5 Å². The van der Waals surface area contributed by atoms with E-state index in [4.69, 9.17) is 9.47 Å². The molecule has 3 aromatic heterocycles. The zero-order chi connectivity index (χ0) is 35.2. The summed E-state index contributed by atoms with van der Waals surface area (Å²) in [5.74, 6) is 3.15. The Hall–Kier alpha value is -3.89. The van der Waals surface area contributed by atoms with Gasteiger partial charge in [-0.05, 0) is 67.3 Å². The Bertz CT molecular complexity index is 2070. The summed E-state index contributed by atoms with van der Waals surface area (Å²) in [5.41, 5.74) is 0.0690. The second-order valence-corrected chi connectivity index (χ2v) is 16.6. The summed E-state index contributed by atoms with van der Waals surface area (Å²) in [4.78, 5) is 39.1. The van der Waals surface area contributed by atoms with Gasteiger partial charge in [-0.2, -0.15) is 16.6 Å². The molecule has 0 aliphatic carbocycles. The predicted octanol–water partition coefficient (Wildman–Crippen LogP) is 5.43. The first-order chi connectivity index (χ1) is 24.9. The maximum Gasteiger partial charge on any atom is 0.315 e. The van der Waals surface area contributed by atoms with Crippen LogP contribution in [0.25, 0.3) is 20.2 Å². The van der Waals surface area contributed by atoms with Crippen molar-refractivity contribution in [1.82, 2.24) is 38.8 Å². The van der Waals surface area contributed by atoms with Crippen LogP contribution in [0, 0.1) is 0 Å². The molecule has 2 fully saturated rings. The Morgan fingerprint density at radius 3 is 2.22 bits per heavy atom. The zero-order valence-corrected chi connectivity index (χ0v) is 31.2. The Morgan fingerprint density at radius 2 is 1.49 bits per heavy atom. The third-order valence-electron chi connectivity index (χ3n) is 9.53. The number of thioether (sulfide) groups is 1. The molecule has 2 saturated heterocycles. The molecule has 16 heteroatoms. The van der Waals surface area contributed by atoms with Crippen LogP contribution in [-0.2, 0) is 26.1 Å². The molecule has 3 unspecified atom stereocenters. The molecular formula is C35H44N8O5S3. The number of unbranched alkanes of at least 4 members (excludes halogenated alkanes) is 5. The number of aryl methyl sites for hydroxylation is 4. The lowest BCUT2D eigenvalue weighted by Gasteiger charge is -2.16. The van der Waals surface area contributed by atoms with Gasteiger partial charge in [0.05, 0.1) is 52.5 Å². The summed E-state index contributed by atoms with van der Waals surface area (Å²) < 4.78 is 16.8. The third kappa shape index (κ3) is 8.60. The highest BCUT2D eigenvalue weighted by Crippen LogP contribution is 2.33. The average molecular weight is 753 g/mol. The van der Waals surface area contributed by atoms with E-state index < -0.39 is 0 Å². The molecule has 0 radical (unpaired) electrons. The lowest BCUT2D eigenvalue weighted by Crippen LogP contribution is -2.36. The maximum atomic E-state index is 13.1. The summed E-state index contributed by atoms with van der Waals surface area (Å²) >= 11 is 4.96. The van der Waals surface area contributed by atoms with Gasteiger partial charge in [0.1, 0.15) is 11.5 Å². The number of rotatable bonds is 19. The molecule has 13 nitrogen and oxygen atoms in total. The molecule has 0 bridgehead atoms. The Morgan fingerprint density at radius 1 is 0.804 bits per heavy atom. The van der Waals surface area contributed by atoms with Gasteiger partial charge >= 0.3 is 6.03 Å². The number of fused-ring (bicyclic) bond motifs is 3. The first-order valence-electron chi connectivity index (χ1n) is 17.8. The van der Waals surface area contributed by atoms with Crippen molar-refractivity contribution < 1.29 is 14.3 Å². The number of methoxy groups -OCH3 is 1. The van der Waals surface area contributed by atoms with Crippen molar-refractivity contribution in [2.45, 2.75) is 101 Å². The first-order valence-corrected chi connectivity index (χ1v) is 20.4. The summed E-state index contributed by atoms with van der Waals surface area (Å²) in [7, 11) is 1.61. The molecule has 5 heterocycles. The van der Waals surface area contributed by atoms with Gasteiger partial charge in [0.15, 0.2) is 5.82 Å². The molecule has 2 N–H and O–H groups in total. The second kappa shape index (κ2) is 16.6. The van der Waals surface area contributed by atoms with Gasteiger partial charge in [-0.25, -0.2) is 4.79 Å². The Kier molecular flexibility index (Phi) is 11.6. The van der Waals surface area contributed by atoms with Crippen molar-refractivity contribution in [1.29, 1.82) is 0 Å². The van der Waals surface area contributed by atoms with Crippen LogP contribution in [0.1, 0.15) is 63.6 Å². The minimum atomic E-state index is -0.0276.